The molecular weight excluding hydrogens is 190 g/mol. The fourth-order valence-electron chi connectivity index (χ4n) is 1.27. The van der Waals surface area contributed by atoms with Crippen LogP contribution in [-0.4, -0.2) is 21.4 Å². The minimum absolute atomic E-state index is 0.694. The zero-order valence-corrected chi connectivity index (χ0v) is 8.63. The predicted octanol–water partition coefficient (Wildman–Crippen LogP) is 2.06. The van der Waals surface area contributed by atoms with Gasteiger partial charge in [-0.3, -0.25) is 0 Å². The van der Waals surface area contributed by atoms with Crippen LogP contribution in [0.2, 0.25) is 0 Å². The van der Waals surface area contributed by atoms with Crippen LogP contribution in [0.5, 0.6) is 5.75 Å². The lowest BCUT2D eigenvalue weighted by Crippen LogP contribution is -2.03. The van der Waals surface area contributed by atoms with E-state index >= 15 is 0 Å². The van der Waals surface area contributed by atoms with Crippen molar-refractivity contribution in [3.63, 3.8) is 0 Å². The summed E-state index contributed by atoms with van der Waals surface area (Å²) in [6.07, 6.45) is 6.28. The van der Waals surface area contributed by atoms with E-state index in [-0.39, 0.29) is 0 Å². The molecule has 0 bridgehead atoms. The monoisotopic (exact) mass is 203 g/mol. The Kier molecular flexibility index (Phi) is 2.97. The molecule has 0 aliphatic heterocycles. The van der Waals surface area contributed by atoms with Crippen LogP contribution in [0.1, 0.15) is 13.3 Å². The standard InChI is InChI=1S/C11H13N3O/c1-2-9-15-10-5-3-6-12-11(10)14-8-4-7-13-14/h3-8H,2,9H2,1H3. The highest BCUT2D eigenvalue weighted by Gasteiger charge is 2.05. The zero-order chi connectivity index (χ0) is 10.5. The third-order valence-corrected chi connectivity index (χ3v) is 1.93. The van der Waals surface area contributed by atoms with E-state index in [2.05, 4.69) is 17.0 Å². The van der Waals surface area contributed by atoms with E-state index in [1.165, 1.54) is 0 Å². The van der Waals surface area contributed by atoms with Crippen LogP contribution in [0.25, 0.3) is 5.82 Å². The zero-order valence-electron chi connectivity index (χ0n) is 8.63. The molecule has 2 rings (SSSR count). The SMILES string of the molecule is CCCOc1cccnc1-n1cccn1. The molecule has 2 heterocycles. The molecule has 0 spiro atoms. The van der Waals surface area contributed by atoms with Gasteiger partial charge in [-0.15, -0.1) is 0 Å². The van der Waals surface area contributed by atoms with Crippen molar-refractivity contribution in [3.8, 4) is 11.6 Å². The minimum Gasteiger partial charge on any atom is -0.490 e. The Labute approximate surface area is 88.5 Å². The summed E-state index contributed by atoms with van der Waals surface area (Å²) in [5.74, 6) is 1.50. The second kappa shape index (κ2) is 4.59. The number of rotatable bonds is 4. The molecule has 2 aromatic heterocycles. The summed E-state index contributed by atoms with van der Waals surface area (Å²) in [5, 5.41) is 4.13. The molecule has 4 heteroatoms. The molecular formula is C11H13N3O. The maximum Gasteiger partial charge on any atom is 0.196 e. The van der Waals surface area contributed by atoms with E-state index in [4.69, 9.17) is 4.74 Å². The largest absolute Gasteiger partial charge is 0.490 e. The maximum atomic E-state index is 5.59. The average molecular weight is 203 g/mol. The van der Waals surface area contributed by atoms with Gasteiger partial charge in [0.2, 0.25) is 0 Å². The molecule has 15 heavy (non-hydrogen) atoms. The van der Waals surface area contributed by atoms with E-state index in [1.54, 1.807) is 17.1 Å². The number of aromatic nitrogens is 3. The van der Waals surface area contributed by atoms with Gasteiger partial charge in [-0.1, -0.05) is 6.92 Å². The van der Waals surface area contributed by atoms with Crippen LogP contribution in [0.3, 0.4) is 0 Å². The minimum atomic E-state index is 0.694. The topological polar surface area (TPSA) is 39.9 Å². The lowest BCUT2D eigenvalue weighted by molar-refractivity contribution is 0.314. The van der Waals surface area contributed by atoms with Crippen molar-refractivity contribution < 1.29 is 4.74 Å². The van der Waals surface area contributed by atoms with Gasteiger partial charge in [0, 0.05) is 18.6 Å². The van der Waals surface area contributed by atoms with E-state index in [0.717, 1.165) is 18.0 Å². The molecule has 0 N–H and O–H groups in total. The number of hydrogen-bond acceptors (Lipinski definition) is 3. The first-order valence-electron chi connectivity index (χ1n) is 4.99. The molecule has 0 amide bonds. The predicted molar refractivity (Wildman–Crippen MR) is 57.1 cm³/mol. The molecule has 0 atom stereocenters. The summed E-state index contributed by atoms with van der Waals surface area (Å²) < 4.78 is 7.29. The molecule has 0 aliphatic rings. The van der Waals surface area contributed by atoms with E-state index < -0.39 is 0 Å². The average Bonchev–Trinajstić information content (AvgIpc) is 2.80. The fourth-order valence-corrected chi connectivity index (χ4v) is 1.27. The Morgan fingerprint density at radius 3 is 3.00 bits per heavy atom. The lowest BCUT2D eigenvalue weighted by atomic mass is 10.4. The number of nitrogens with zero attached hydrogens (tertiary/aromatic N) is 3. The Morgan fingerprint density at radius 1 is 1.33 bits per heavy atom. The van der Waals surface area contributed by atoms with Crippen LogP contribution in [0.15, 0.2) is 36.8 Å². The second-order valence-electron chi connectivity index (χ2n) is 3.12. The Balaban J connectivity index is 2.30. The normalized spacial score (nSPS) is 10.2. The maximum absolute atomic E-state index is 5.59. The molecule has 0 radical (unpaired) electrons. The quantitative estimate of drug-likeness (QED) is 0.763. The number of hydrogen-bond donors (Lipinski definition) is 0. The highest BCUT2D eigenvalue weighted by molar-refractivity contribution is 5.38. The van der Waals surface area contributed by atoms with Gasteiger partial charge < -0.3 is 4.74 Å². The number of ether oxygens (including phenoxy) is 1. The van der Waals surface area contributed by atoms with Crippen molar-refractivity contribution in [2.45, 2.75) is 13.3 Å². The Hall–Kier alpha value is -1.84. The van der Waals surface area contributed by atoms with Crippen LogP contribution >= 0.6 is 0 Å². The Bertz CT molecular complexity index is 412. The van der Waals surface area contributed by atoms with E-state index in [9.17, 15) is 0 Å². The first kappa shape index (κ1) is 9.71. The van der Waals surface area contributed by atoms with Gasteiger partial charge in [-0.2, -0.15) is 5.10 Å². The van der Waals surface area contributed by atoms with Gasteiger partial charge in [0.25, 0.3) is 0 Å². The summed E-state index contributed by atoms with van der Waals surface area (Å²) >= 11 is 0. The molecule has 0 unspecified atom stereocenters. The number of pyridine rings is 1. The molecule has 0 aliphatic carbocycles. The highest BCUT2D eigenvalue weighted by Crippen LogP contribution is 2.18. The van der Waals surface area contributed by atoms with Crippen molar-refractivity contribution in [2.75, 3.05) is 6.61 Å². The third-order valence-electron chi connectivity index (χ3n) is 1.93. The first-order valence-corrected chi connectivity index (χ1v) is 4.99. The molecule has 0 fully saturated rings. The van der Waals surface area contributed by atoms with Gasteiger partial charge in [-0.05, 0) is 24.6 Å². The van der Waals surface area contributed by atoms with Gasteiger partial charge >= 0.3 is 0 Å². The molecule has 2 aromatic rings. The van der Waals surface area contributed by atoms with Gasteiger partial charge in [-0.25, -0.2) is 9.67 Å². The molecule has 0 saturated carbocycles. The summed E-state index contributed by atoms with van der Waals surface area (Å²) in [4.78, 5) is 4.25. The van der Waals surface area contributed by atoms with Crippen LogP contribution in [-0.2, 0) is 0 Å². The van der Waals surface area contributed by atoms with Gasteiger partial charge in [0.1, 0.15) is 0 Å². The van der Waals surface area contributed by atoms with Crippen molar-refractivity contribution >= 4 is 0 Å². The van der Waals surface area contributed by atoms with E-state index in [1.807, 2.05) is 24.4 Å². The second-order valence-corrected chi connectivity index (χ2v) is 3.12. The fraction of sp³-hybridized carbons (Fsp3) is 0.273. The third kappa shape index (κ3) is 2.15. The lowest BCUT2D eigenvalue weighted by Gasteiger charge is -2.08. The summed E-state index contributed by atoms with van der Waals surface area (Å²) in [7, 11) is 0. The molecule has 78 valence electrons. The smallest absolute Gasteiger partial charge is 0.196 e. The Morgan fingerprint density at radius 2 is 2.27 bits per heavy atom. The van der Waals surface area contributed by atoms with Crippen molar-refractivity contribution in [3.05, 3.63) is 36.8 Å². The summed E-state index contributed by atoms with van der Waals surface area (Å²) in [6.45, 7) is 2.77. The van der Waals surface area contributed by atoms with Crippen molar-refractivity contribution in [1.82, 2.24) is 14.8 Å². The molecule has 0 aromatic carbocycles. The summed E-state index contributed by atoms with van der Waals surface area (Å²) in [6, 6.07) is 5.62. The van der Waals surface area contributed by atoms with Gasteiger partial charge in [0.15, 0.2) is 11.6 Å². The van der Waals surface area contributed by atoms with Crippen LogP contribution in [0.4, 0.5) is 0 Å². The molecule has 0 saturated heterocycles. The van der Waals surface area contributed by atoms with Crippen LogP contribution in [0, 0.1) is 0 Å². The highest BCUT2D eigenvalue weighted by atomic mass is 16.5. The molecule has 4 nitrogen and oxygen atoms in total. The van der Waals surface area contributed by atoms with E-state index in [0.29, 0.717) is 6.61 Å². The van der Waals surface area contributed by atoms with Crippen LogP contribution < -0.4 is 4.74 Å². The van der Waals surface area contributed by atoms with Crippen molar-refractivity contribution in [2.24, 2.45) is 0 Å². The summed E-state index contributed by atoms with van der Waals surface area (Å²) in [5.41, 5.74) is 0. The first-order chi connectivity index (χ1) is 7.42. The van der Waals surface area contributed by atoms with Crippen molar-refractivity contribution in [1.29, 1.82) is 0 Å². The van der Waals surface area contributed by atoms with Gasteiger partial charge in [0.05, 0.1) is 6.61 Å².